The lowest BCUT2D eigenvalue weighted by Crippen LogP contribution is -2.57. The van der Waals surface area contributed by atoms with Gasteiger partial charge in [-0.3, -0.25) is 4.79 Å². The third-order valence-corrected chi connectivity index (χ3v) is 10.2. The highest BCUT2D eigenvalue weighted by Crippen LogP contribution is 2.79. The average Bonchev–Trinajstić information content (AvgIpc) is 3.35. The van der Waals surface area contributed by atoms with Crippen molar-refractivity contribution in [2.45, 2.75) is 77.2 Å². The van der Waals surface area contributed by atoms with E-state index in [9.17, 15) is 10.0 Å². The van der Waals surface area contributed by atoms with Gasteiger partial charge in [0.15, 0.2) is 0 Å². The molecular formula is C24H33NO3. The quantitative estimate of drug-likeness (QED) is 0.396. The number of allylic oxidation sites excluding steroid dienone is 2. The van der Waals surface area contributed by atoms with Gasteiger partial charge in [-0.15, -0.1) is 0 Å². The Morgan fingerprint density at radius 3 is 2.82 bits per heavy atom. The summed E-state index contributed by atoms with van der Waals surface area (Å²) in [5.41, 5.74) is 2.52. The molecule has 4 heteroatoms. The molecule has 0 radical (unpaired) electrons. The molecule has 0 aromatic carbocycles. The van der Waals surface area contributed by atoms with Gasteiger partial charge in [0.05, 0.1) is 5.71 Å². The van der Waals surface area contributed by atoms with Crippen LogP contribution in [0.25, 0.3) is 0 Å². The first kappa shape index (κ1) is 17.5. The fourth-order valence-corrected chi connectivity index (χ4v) is 9.45. The Bertz CT molecular complexity index is 787. The van der Waals surface area contributed by atoms with E-state index in [1.165, 1.54) is 25.7 Å². The van der Waals surface area contributed by atoms with Crippen molar-refractivity contribution in [1.82, 2.24) is 0 Å². The molecule has 152 valence electrons. The van der Waals surface area contributed by atoms with Crippen molar-refractivity contribution in [2.75, 3.05) is 0 Å². The van der Waals surface area contributed by atoms with E-state index >= 15 is 0 Å². The van der Waals surface area contributed by atoms with Gasteiger partial charge < -0.3 is 9.94 Å². The Balaban J connectivity index is 1.40. The van der Waals surface area contributed by atoms with E-state index < -0.39 is 0 Å². The van der Waals surface area contributed by atoms with E-state index in [-0.39, 0.29) is 17.0 Å². The second kappa shape index (κ2) is 5.64. The van der Waals surface area contributed by atoms with Crippen LogP contribution in [0.5, 0.6) is 0 Å². The van der Waals surface area contributed by atoms with Crippen LogP contribution in [0, 0.1) is 46.8 Å². The summed E-state index contributed by atoms with van der Waals surface area (Å²) in [6.07, 6.45) is 12.0. The SMILES string of the molecule is CC[C@]12CCC3C(C1[C@H]1C[C@H]1[C@@]21CCC(=O)O1)[C@@H](C)CC1=C/C(=N/O)CC[C@@H]13. The Kier molecular flexibility index (Phi) is 3.53. The van der Waals surface area contributed by atoms with Crippen molar-refractivity contribution in [3.63, 3.8) is 0 Å². The summed E-state index contributed by atoms with van der Waals surface area (Å²) in [7, 11) is 0. The zero-order valence-corrected chi connectivity index (χ0v) is 17.2. The average molecular weight is 384 g/mol. The number of nitrogens with zero attached hydrogens (tertiary/aromatic N) is 1. The Morgan fingerprint density at radius 1 is 1.25 bits per heavy atom. The van der Waals surface area contributed by atoms with Gasteiger partial charge in [0.25, 0.3) is 0 Å². The maximum Gasteiger partial charge on any atom is 0.306 e. The molecule has 5 fully saturated rings. The Labute approximate surface area is 167 Å². The van der Waals surface area contributed by atoms with Gasteiger partial charge in [0.1, 0.15) is 5.60 Å². The molecule has 0 bridgehead atoms. The van der Waals surface area contributed by atoms with Crippen molar-refractivity contribution in [3.05, 3.63) is 11.6 Å². The summed E-state index contributed by atoms with van der Waals surface area (Å²) in [5.74, 6) is 5.15. The molecule has 28 heavy (non-hydrogen) atoms. The molecule has 6 aliphatic rings. The fraction of sp³-hybridized carbons (Fsp3) is 0.833. The van der Waals surface area contributed by atoms with Crippen LogP contribution in [0.4, 0.5) is 0 Å². The van der Waals surface area contributed by atoms with Crippen molar-refractivity contribution in [1.29, 1.82) is 0 Å². The molecule has 1 N–H and O–H groups in total. The first-order valence-electron chi connectivity index (χ1n) is 11.7. The number of oxime groups is 1. The van der Waals surface area contributed by atoms with E-state index in [1.54, 1.807) is 5.57 Å². The minimum absolute atomic E-state index is 0.0614. The number of carbonyl (C=O) groups is 1. The monoisotopic (exact) mass is 383 g/mol. The van der Waals surface area contributed by atoms with Gasteiger partial charge in [-0.1, -0.05) is 24.6 Å². The highest BCUT2D eigenvalue weighted by Gasteiger charge is 2.79. The summed E-state index contributed by atoms with van der Waals surface area (Å²) in [6, 6.07) is 0. The second-order valence-electron chi connectivity index (χ2n) is 10.8. The summed E-state index contributed by atoms with van der Waals surface area (Å²) in [6.45, 7) is 4.84. The zero-order chi connectivity index (χ0) is 19.3. The fourth-order valence-electron chi connectivity index (χ4n) is 9.45. The molecule has 6 rings (SSSR count). The highest BCUT2D eigenvalue weighted by atomic mass is 16.6. The summed E-state index contributed by atoms with van der Waals surface area (Å²) < 4.78 is 6.28. The van der Waals surface area contributed by atoms with Crippen LogP contribution >= 0.6 is 0 Å². The zero-order valence-electron chi connectivity index (χ0n) is 17.2. The van der Waals surface area contributed by atoms with Gasteiger partial charge in [-0.2, -0.15) is 0 Å². The Hall–Kier alpha value is -1.32. The molecule has 1 spiro atoms. The van der Waals surface area contributed by atoms with Crippen LogP contribution in [0.3, 0.4) is 0 Å². The standard InChI is InChI=1S/C24H33NO3/c1-3-23-8-6-17-16-5-4-15(25-27)11-14(16)10-13(2)21(17)22(23)18-12-19(18)24(23)9-7-20(26)28-24/h11,13,16-19,21-22,27H,3-10,12H2,1-2H3/b25-15+/t13-,16-,17?,18-,19+,21?,22?,23-,24-/m0/s1. The second-order valence-corrected chi connectivity index (χ2v) is 10.8. The minimum Gasteiger partial charge on any atom is -0.458 e. The van der Waals surface area contributed by atoms with Gasteiger partial charge in [0, 0.05) is 17.8 Å². The maximum atomic E-state index is 12.2. The molecule has 4 nitrogen and oxygen atoms in total. The predicted molar refractivity (Wildman–Crippen MR) is 106 cm³/mol. The number of carbonyl (C=O) groups excluding carboxylic acids is 1. The van der Waals surface area contributed by atoms with Gasteiger partial charge in [-0.05, 0) is 93.0 Å². The summed E-state index contributed by atoms with van der Waals surface area (Å²) in [5, 5.41) is 12.8. The first-order valence-corrected chi connectivity index (χ1v) is 11.7. The lowest BCUT2D eigenvalue weighted by molar-refractivity contribution is -0.181. The van der Waals surface area contributed by atoms with E-state index in [4.69, 9.17) is 4.74 Å². The summed E-state index contributed by atoms with van der Waals surface area (Å²) in [4.78, 5) is 12.2. The van der Waals surface area contributed by atoms with Crippen LogP contribution in [-0.2, 0) is 9.53 Å². The lowest BCUT2D eigenvalue weighted by atomic mass is 9.46. The van der Waals surface area contributed by atoms with Gasteiger partial charge >= 0.3 is 5.97 Å². The van der Waals surface area contributed by atoms with Crippen molar-refractivity contribution in [2.24, 2.45) is 52.0 Å². The molecule has 0 amide bonds. The van der Waals surface area contributed by atoms with Gasteiger partial charge in [-0.25, -0.2) is 0 Å². The first-order chi connectivity index (χ1) is 13.5. The maximum absolute atomic E-state index is 12.2. The highest BCUT2D eigenvalue weighted by molar-refractivity contribution is 5.96. The molecule has 1 saturated heterocycles. The molecular weight excluding hydrogens is 350 g/mol. The van der Waals surface area contributed by atoms with E-state index in [0.29, 0.717) is 24.2 Å². The van der Waals surface area contributed by atoms with Crippen LogP contribution < -0.4 is 0 Å². The molecule has 0 aromatic rings. The van der Waals surface area contributed by atoms with Crippen LogP contribution in [0.1, 0.15) is 71.6 Å². The number of fused-ring (bicyclic) bond motifs is 9. The molecule has 4 saturated carbocycles. The van der Waals surface area contributed by atoms with Gasteiger partial charge in [0.2, 0.25) is 0 Å². The van der Waals surface area contributed by atoms with E-state index in [2.05, 4.69) is 25.1 Å². The van der Waals surface area contributed by atoms with E-state index in [1.807, 2.05) is 0 Å². The minimum atomic E-state index is -0.127. The Morgan fingerprint density at radius 2 is 2.11 bits per heavy atom. The van der Waals surface area contributed by atoms with Crippen molar-refractivity contribution >= 4 is 11.7 Å². The largest absolute Gasteiger partial charge is 0.458 e. The number of hydrogen-bond donors (Lipinski definition) is 1. The topological polar surface area (TPSA) is 58.9 Å². The smallest absolute Gasteiger partial charge is 0.306 e. The van der Waals surface area contributed by atoms with Crippen LogP contribution in [-0.4, -0.2) is 22.5 Å². The molecule has 0 aromatic heterocycles. The number of esters is 1. The lowest BCUT2D eigenvalue weighted by Gasteiger charge is -2.60. The third kappa shape index (κ3) is 1.93. The third-order valence-electron chi connectivity index (χ3n) is 10.2. The number of ether oxygens (including phenoxy) is 1. The molecule has 5 aliphatic carbocycles. The van der Waals surface area contributed by atoms with Crippen molar-refractivity contribution in [3.8, 4) is 0 Å². The van der Waals surface area contributed by atoms with E-state index in [0.717, 1.165) is 55.1 Å². The normalized spacial score (nSPS) is 55.2. The summed E-state index contributed by atoms with van der Waals surface area (Å²) >= 11 is 0. The predicted octanol–water partition coefficient (Wildman–Crippen LogP) is 4.96. The number of hydrogen-bond acceptors (Lipinski definition) is 4. The molecule has 1 heterocycles. The molecule has 9 atom stereocenters. The molecule has 3 unspecified atom stereocenters. The van der Waals surface area contributed by atoms with Crippen LogP contribution in [0.2, 0.25) is 0 Å². The van der Waals surface area contributed by atoms with Crippen molar-refractivity contribution < 1.29 is 14.7 Å². The molecule has 1 aliphatic heterocycles. The van der Waals surface area contributed by atoms with Crippen LogP contribution in [0.15, 0.2) is 16.8 Å². The number of rotatable bonds is 1.